The van der Waals surface area contributed by atoms with Crippen molar-refractivity contribution in [2.75, 3.05) is 19.6 Å². The van der Waals surface area contributed by atoms with Crippen molar-refractivity contribution in [2.45, 2.75) is 59.0 Å². The highest BCUT2D eigenvalue weighted by Crippen LogP contribution is 2.23. The monoisotopic (exact) mass is 278 g/mol. The van der Waals surface area contributed by atoms with Crippen molar-refractivity contribution in [3.8, 4) is 0 Å². The Morgan fingerprint density at radius 1 is 1.40 bits per heavy atom. The highest BCUT2D eigenvalue weighted by molar-refractivity contribution is 5.09. The van der Waals surface area contributed by atoms with Gasteiger partial charge in [0.25, 0.3) is 0 Å². The van der Waals surface area contributed by atoms with Crippen molar-refractivity contribution in [1.29, 1.82) is 0 Å². The van der Waals surface area contributed by atoms with E-state index in [-0.39, 0.29) is 0 Å². The Kier molecular flexibility index (Phi) is 5.67. The van der Waals surface area contributed by atoms with Crippen LogP contribution in [-0.2, 0) is 0 Å². The number of hydrogen-bond donors (Lipinski definition) is 1. The summed E-state index contributed by atoms with van der Waals surface area (Å²) < 4.78 is 5.72. The number of rotatable bonds is 6. The Bertz CT molecular complexity index is 399. The third-order valence-corrected chi connectivity index (χ3v) is 4.49. The standard InChI is InChI=1S/C17H30N2O/c1-5-10-19-11-6-7-16(12-19)14(3)18-15(4)17-9-8-13(2)20-17/h8-9,14-16,18H,5-7,10-12H2,1-4H3. The van der Waals surface area contributed by atoms with E-state index in [0.717, 1.165) is 17.4 Å². The molecule has 1 aromatic heterocycles. The molecule has 0 aliphatic carbocycles. The minimum atomic E-state index is 0.292. The maximum atomic E-state index is 5.72. The van der Waals surface area contributed by atoms with Crippen LogP contribution in [0, 0.1) is 12.8 Å². The minimum Gasteiger partial charge on any atom is -0.465 e. The Hall–Kier alpha value is -0.800. The molecule has 114 valence electrons. The van der Waals surface area contributed by atoms with Crippen LogP contribution in [0.1, 0.15) is 57.6 Å². The molecule has 3 heteroatoms. The molecule has 2 rings (SSSR count). The van der Waals surface area contributed by atoms with E-state index in [1.165, 1.54) is 38.9 Å². The van der Waals surface area contributed by atoms with Crippen LogP contribution in [0.5, 0.6) is 0 Å². The number of piperidine rings is 1. The normalized spacial score (nSPS) is 23.7. The van der Waals surface area contributed by atoms with Gasteiger partial charge in [-0.3, -0.25) is 0 Å². The molecule has 0 saturated carbocycles. The first kappa shape index (κ1) is 15.6. The molecular formula is C17H30N2O. The van der Waals surface area contributed by atoms with Crippen LogP contribution in [0.4, 0.5) is 0 Å². The van der Waals surface area contributed by atoms with E-state index < -0.39 is 0 Å². The number of aryl methyl sites for hydroxylation is 1. The zero-order valence-electron chi connectivity index (χ0n) is 13.5. The number of hydrogen-bond acceptors (Lipinski definition) is 3. The molecule has 0 aromatic carbocycles. The lowest BCUT2D eigenvalue weighted by atomic mass is 9.91. The lowest BCUT2D eigenvalue weighted by Crippen LogP contribution is -2.45. The Balaban J connectivity index is 1.85. The smallest absolute Gasteiger partial charge is 0.120 e. The predicted molar refractivity (Wildman–Crippen MR) is 83.9 cm³/mol. The number of nitrogens with zero attached hydrogens (tertiary/aromatic N) is 1. The first-order chi connectivity index (χ1) is 9.60. The number of likely N-dealkylation sites (tertiary alicyclic amines) is 1. The summed E-state index contributed by atoms with van der Waals surface area (Å²) in [5.41, 5.74) is 0. The molecule has 0 spiro atoms. The molecule has 0 bridgehead atoms. The summed E-state index contributed by atoms with van der Waals surface area (Å²) in [6.07, 6.45) is 3.94. The molecule has 1 N–H and O–H groups in total. The van der Waals surface area contributed by atoms with Crippen LogP contribution < -0.4 is 5.32 Å². The van der Waals surface area contributed by atoms with E-state index in [2.05, 4.69) is 37.1 Å². The summed E-state index contributed by atoms with van der Waals surface area (Å²) in [7, 11) is 0. The summed E-state index contributed by atoms with van der Waals surface area (Å²) in [5, 5.41) is 3.72. The molecule has 3 atom stereocenters. The van der Waals surface area contributed by atoms with Crippen molar-refractivity contribution in [3.63, 3.8) is 0 Å². The Labute approximate surface area is 123 Å². The van der Waals surface area contributed by atoms with E-state index in [4.69, 9.17) is 4.42 Å². The van der Waals surface area contributed by atoms with Crippen molar-refractivity contribution in [2.24, 2.45) is 5.92 Å². The third-order valence-electron chi connectivity index (χ3n) is 4.49. The van der Waals surface area contributed by atoms with Gasteiger partial charge in [-0.2, -0.15) is 0 Å². The number of nitrogens with one attached hydrogen (secondary N) is 1. The minimum absolute atomic E-state index is 0.292. The van der Waals surface area contributed by atoms with Crippen molar-refractivity contribution >= 4 is 0 Å². The van der Waals surface area contributed by atoms with Crippen LogP contribution in [0.15, 0.2) is 16.5 Å². The average Bonchev–Trinajstić information content (AvgIpc) is 2.86. The average molecular weight is 278 g/mol. The van der Waals surface area contributed by atoms with Gasteiger partial charge in [-0.05, 0) is 71.2 Å². The molecule has 1 aromatic rings. The predicted octanol–water partition coefficient (Wildman–Crippen LogP) is 3.75. The molecule has 0 radical (unpaired) electrons. The lowest BCUT2D eigenvalue weighted by Gasteiger charge is -2.36. The maximum absolute atomic E-state index is 5.72. The van der Waals surface area contributed by atoms with Crippen LogP contribution >= 0.6 is 0 Å². The number of furan rings is 1. The highest BCUT2D eigenvalue weighted by atomic mass is 16.3. The van der Waals surface area contributed by atoms with E-state index in [1.54, 1.807) is 0 Å². The van der Waals surface area contributed by atoms with E-state index in [1.807, 2.05) is 13.0 Å². The zero-order valence-corrected chi connectivity index (χ0v) is 13.5. The van der Waals surface area contributed by atoms with Crippen LogP contribution in [-0.4, -0.2) is 30.6 Å². The molecule has 1 fully saturated rings. The maximum Gasteiger partial charge on any atom is 0.120 e. The van der Waals surface area contributed by atoms with E-state index >= 15 is 0 Å². The third kappa shape index (κ3) is 4.10. The van der Waals surface area contributed by atoms with Gasteiger partial charge in [0.1, 0.15) is 11.5 Å². The second-order valence-corrected chi connectivity index (χ2v) is 6.33. The van der Waals surface area contributed by atoms with Gasteiger partial charge < -0.3 is 14.6 Å². The first-order valence-corrected chi connectivity index (χ1v) is 8.15. The van der Waals surface area contributed by atoms with Gasteiger partial charge in [-0.25, -0.2) is 0 Å². The van der Waals surface area contributed by atoms with Crippen molar-refractivity contribution in [3.05, 3.63) is 23.7 Å². The molecule has 2 heterocycles. The van der Waals surface area contributed by atoms with Gasteiger partial charge in [0.2, 0.25) is 0 Å². The molecule has 1 saturated heterocycles. The van der Waals surface area contributed by atoms with Crippen LogP contribution in [0.3, 0.4) is 0 Å². The first-order valence-electron chi connectivity index (χ1n) is 8.15. The van der Waals surface area contributed by atoms with Gasteiger partial charge in [0.15, 0.2) is 0 Å². The topological polar surface area (TPSA) is 28.4 Å². The quantitative estimate of drug-likeness (QED) is 0.859. The molecule has 1 aliphatic heterocycles. The fraction of sp³-hybridized carbons (Fsp3) is 0.765. The molecular weight excluding hydrogens is 248 g/mol. The second-order valence-electron chi connectivity index (χ2n) is 6.33. The van der Waals surface area contributed by atoms with Gasteiger partial charge in [0, 0.05) is 12.6 Å². The SMILES string of the molecule is CCCN1CCCC(C(C)NC(C)c2ccc(C)o2)C1. The Morgan fingerprint density at radius 3 is 2.85 bits per heavy atom. The fourth-order valence-electron chi connectivity index (χ4n) is 3.32. The molecule has 1 aliphatic rings. The molecule has 0 amide bonds. The van der Waals surface area contributed by atoms with Crippen LogP contribution in [0.2, 0.25) is 0 Å². The fourth-order valence-corrected chi connectivity index (χ4v) is 3.32. The molecule has 20 heavy (non-hydrogen) atoms. The van der Waals surface area contributed by atoms with Gasteiger partial charge in [-0.1, -0.05) is 6.92 Å². The van der Waals surface area contributed by atoms with E-state index in [0.29, 0.717) is 12.1 Å². The highest BCUT2D eigenvalue weighted by Gasteiger charge is 2.25. The molecule has 3 unspecified atom stereocenters. The lowest BCUT2D eigenvalue weighted by molar-refractivity contribution is 0.146. The van der Waals surface area contributed by atoms with E-state index in [9.17, 15) is 0 Å². The molecule has 3 nitrogen and oxygen atoms in total. The summed E-state index contributed by atoms with van der Waals surface area (Å²) in [6, 6.07) is 4.96. The summed E-state index contributed by atoms with van der Waals surface area (Å²) in [4.78, 5) is 2.62. The summed E-state index contributed by atoms with van der Waals surface area (Å²) in [5.74, 6) is 2.80. The summed E-state index contributed by atoms with van der Waals surface area (Å²) in [6.45, 7) is 12.6. The van der Waals surface area contributed by atoms with Crippen LogP contribution in [0.25, 0.3) is 0 Å². The van der Waals surface area contributed by atoms with Crippen molar-refractivity contribution < 1.29 is 4.42 Å². The summed E-state index contributed by atoms with van der Waals surface area (Å²) >= 11 is 0. The van der Waals surface area contributed by atoms with Gasteiger partial charge >= 0.3 is 0 Å². The second kappa shape index (κ2) is 7.28. The van der Waals surface area contributed by atoms with Crippen molar-refractivity contribution in [1.82, 2.24) is 10.2 Å². The largest absolute Gasteiger partial charge is 0.465 e. The van der Waals surface area contributed by atoms with Gasteiger partial charge in [0.05, 0.1) is 6.04 Å². The van der Waals surface area contributed by atoms with Gasteiger partial charge in [-0.15, -0.1) is 0 Å². The zero-order chi connectivity index (χ0) is 14.5. The Morgan fingerprint density at radius 2 is 2.20 bits per heavy atom.